The second kappa shape index (κ2) is 9.47. The van der Waals surface area contributed by atoms with Gasteiger partial charge in [0.25, 0.3) is 0 Å². The van der Waals surface area contributed by atoms with Gasteiger partial charge in [0.15, 0.2) is 28.1 Å². The lowest BCUT2D eigenvalue weighted by molar-refractivity contribution is 0.318. The molecular weight excluding hydrogens is 354 g/mol. The minimum atomic E-state index is 0.0265. The molecule has 0 bridgehead atoms. The van der Waals surface area contributed by atoms with Crippen molar-refractivity contribution >= 4 is 29.2 Å². The molecule has 138 valence electrons. The predicted molar refractivity (Wildman–Crippen MR) is 106 cm³/mol. The molecule has 2 rings (SSSR count). The van der Waals surface area contributed by atoms with Crippen LogP contribution in [0.4, 0.5) is 5.69 Å². The van der Waals surface area contributed by atoms with Crippen molar-refractivity contribution in [2.75, 3.05) is 26.1 Å². The Hall–Kier alpha value is -3.00. The molecule has 0 fully saturated rings. The van der Waals surface area contributed by atoms with Gasteiger partial charge in [-0.2, -0.15) is 5.10 Å². The van der Waals surface area contributed by atoms with Gasteiger partial charge < -0.3 is 24.6 Å². The number of hydrogen-bond acceptors (Lipinski definition) is 6. The van der Waals surface area contributed by atoms with Crippen LogP contribution in [0.2, 0.25) is 0 Å². The summed E-state index contributed by atoms with van der Waals surface area (Å²) in [5.41, 5.74) is 3.92. The van der Waals surface area contributed by atoms with Gasteiger partial charge in [0.1, 0.15) is 0 Å². The number of nitrogens with one attached hydrogen (secondary N) is 2. The summed E-state index contributed by atoms with van der Waals surface area (Å²) in [4.78, 5) is 0. The van der Waals surface area contributed by atoms with Gasteiger partial charge in [-0.1, -0.05) is 6.07 Å². The Morgan fingerprint density at radius 2 is 1.92 bits per heavy atom. The zero-order valence-corrected chi connectivity index (χ0v) is 15.6. The number of phenolic OH excluding ortho intramolecular Hbond substituents is 1. The van der Waals surface area contributed by atoms with Gasteiger partial charge in [0.05, 0.1) is 27.0 Å². The largest absolute Gasteiger partial charge is 0.504 e. The van der Waals surface area contributed by atoms with Crippen molar-refractivity contribution in [3.8, 4) is 23.0 Å². The van der Waals surface area contributed by atoms with E-state index >= 15 is 0 Å². The second-order valence-electron chi connectivity index (χ2n) is 5.02. The number of rotatable bonds is 7. The van der Waals surface area contributed by atoms with Crippen LogP contribution >= 0.6 is 12.2 Å². The minimum Gasteiger partial charge on any atom is -0.504 e. The average Bonchev–Trinajstić information content (AvgIpc) is 2.64. The number of methoxy groups -OCH3 is 2. The van der Waals surface area contributed by atoms with E-state index in [4.69, 9.17) is 26.4 Å². The van der Waals surface area contributed by atoms with Crippen LogP contribution in [0, 0.1) is 0 Å². The van der Waals surface area contributed by atoms with Crippen LogP contribution in [0.25, 0.3) is 0 Å². The molecule has 3 N–H and O–H groups in total. The molecule has 0 aromatic heterocycles. The summed E-state index contributed by atoms with van der Waals surface area (Å²) in [5, 5.41) is 17.4. The monoisotopic (exact) mass is 375 g/mol. The predicted octanol–water partition coefficient (Wildman–Crippen LogP) is 3.13. The number of anilines is 1. The molecule has 8 heteroatoms. The highest BCUT2D eigenvalue weighted by Crippen LogP contribution is 2.30. The van der Waals surface area contributed by atoms with Crippen molar-refractivity contribution in [1.82, 2.24) is 5.43 Å². The molecule has 0 amide bonds. The van der Waals surface area contributed by atoms with E-state index in [9.17, 15) is 5.11 Å². The highest BCUT2D eigenvalue weighted by atomic mass is 32.1. The third-order valence-corrected chi connectivity index (χ3v) is 3.53. The first-order chi connectivity index (χ1) is 12.6. The quantitative estimate of drug-likeness (QED) is 0.389. The molecule has 0 atom stereocenters. The van der Waals surface area contributed by atoms with Gasteiger partial charge in [-0.05, 0) is 43.4 Å². The first kappa shape index (κ1) is 19.3. The highest BCUT2D eigenvalue weighted by Gasteiger charge is 2.07. The summed E-state index contributed by atoms with van der Waals surface area (Å²) in [5.74, 6) is 1.64. The van der Waals surface area contributed by atoms with Crippen LogP contribution in [0.5, 0.6) is 23.0 Å². The van der Waals surface area contributed by atoms with Gasteiger partial charge in [-0.25, -0.2) is 0 Å². The fraction of sp³-hybridized carbons (Fsp3) is 0.222. The molecule has 0 radical (unpaired) electrons. The molecule has 0 saturated carbocycles. The Morgan fingerprint density at radius 1 is 1.15 bits per heavy atom. The Bertz CT molecular complexity index is 796. The van der Waals surface area contributed by atoms with E-state index in [1.165, 1.54) is 6.21 Å². The second-order valence-corrected chi connectivity index (χ2v) is 5.43. The lowest BCUT2D eigenvalue weighted by atomic mass is 10.2. The zero-order chi connectivity index (χ0) is 18.9. The van der Waals surface area contributed by atoms with Crippen molar-refractivity contribution in [1.29, 1.82) is 0 Å². The maximum atomic E-state index is 10.1. The molecule has 0 aliphatic heterocycles. The van der Waals surface area contributed by atoms with Crippen LogP contribution in [0.3, 0.4) is 0 Å². The smallest absolute Gasteiger partial charge is 0.191 e. The van der Waals surface area contributed by atoms with Gasteiger partial charge >= 0.3 is 0 Å². The van der Waals surface area contributed by atoms with Crippen molar-refractivity contribution < 1.29 is 19.3 Å². The van der Waals surface area contributed by atoms with Crippen LogP contribution in [-0.4, -0.2) is 37.3 Å². The zero-order valence-electron chi connectivity index (χ0n) is 14.8. The molecule has 0 spiro atoms. The third-order valence-electron chi connectivity index (χ3n) is 3.34. The maximum Gasteiger partial charge on any atom is 0.191 e. The Morgan fingerprint density at radius 3 is 2.62 bits per heavy atom. The summed E-state index contributed by atoms with van der Waals surface area (Å²) in [6.07, 6.45) is 1.46. The molecule has 0 unspecified atom stereocenters. The topological polar surface area (TPSA) is 84.3 Å². The summed E-state index contributed by atoms with van der Waals surface area (Å²) in [6.45, 7) is 2.31. The maximum absolute atomic E-state index is 10.1. The molecule has 2 aromatic carbocycles. The van der Waals surface area contributed by atoms with Gasteiger partial charge in [0.2, 0.25) is 0 Å². The van der Waals surface area contributed by atoms with E-state index in [0.717, 1.165) is 5.69 Å². The Kier molecular flexibility index (Phi) is 7.04. The lowest BCUT2D eigenvalue weighted by Crippen LogP contribution is -2.23. The Labute approximate surface area is 157 Å². The van der Waals surface area contributed by atoms with E-state index in [1.807, 2.05) is 6.92 Å². The SMILES string of the molecule is CCOc1cccc(C=NNC(=S)Nc2ccc(OC)c(OC)c2)c1O. The normalized spacial score (nSPS) is 10.4. The number of hydrazone groups is 1. The summed E-state index contributed by atoms with van der Waals surface area (Å²) in [7, 11) is 3.13. The Balaban J connectivity index is 1.99. The number of ether oxygens (including phenoxy) is 3. The first-order valence-corrected chi connectivity index (χ1v) is 8.26. The third kappa shape index (κ3) is 5.00. The average molecular weight is 375 g/mol. The fourth-order valence-corrected chi connectivity index (χ4v) is 2.32. The van der Waals surface area contributed by atoms with Gasteiger partial charge in [-0.3, -0.25) is 5.43 Å². The van der Waals surface area contributed by atoms with Gasteiger partial charge in [-0.15, -0.1) is 0 Å². The van der Waals surface area contributed by atoms with E-state index in [0.29, 0.717) is 29.4 Å². The molecule has 2 aromatic rings. The standard InChI is InChI=1S/C18H21N3O4S/c1-4-25-15-7-5-6-12(17(15)22)11-19-21-18(26)20-13-8-9-14(23-2)16(10-13)24-3/h5-11,22H,4H2,1-3H3,(H2,20,21,26). The number of benzene rings is 2. The molecule has 0 aliphatic carbocycles. The van der Waals surface area contributed by atoms with Crippen LogP contribution in [-0.2, 0) is 0 Å². The summed E-state index contributed by atoms with van der Waals surface area (Å²) < 4.78 is 15.8. The number of thiocarbonyl (C=S) groups is 1. The lowest BCUT2D eigenvalue weighted by Gasteiger charge is -2.11. The molecule has 7 nitrogen and oxygen atoms in total. The van der Waals surface area contributed by atoms with Crippen molar-refractivity contribution in [2.24, 2.45) is 5.10 Å². The molecular formula is C18H21N3O4S. The van der Waals surface area contributed by atoms with E-state index in [2.05, 4.69) is 15.8 Å². The summed E-state index contributed by atoms with van der Waals surface area (Å²) >= 11 is 5.20. The first-order valence-electron chi connectivity index (χ1n) is 7.85. The van der Waals surface area contributed by atoms with E-state index in [1.54, 1.807) is 50.6 Å². The van der Waals surface area contributed by atoms with Gasteiger partial charge in [0, 0.05) is 17.3 Å². The van der Waals surface area contributed by atoms with Crippen molar-refractivity contribution in [3.05, 3.63) is 42.0 Å². The number of aromatic hydroxyl groups is 1. The molecule has 0 heterocycles. The number of hydrogen-bond donors (Lipinski definition) is 3. The van der Waals surface area contributed by atoms with Crippen LogP contribution in [0.1, 0.15) is 12.5 Å². The molecule has 0 aliphatic rings. The van der Waals surface area contributed by atoms with Crippen molar-refractivity contribution in [2.45, 2.75) is 6.92 Å². The minimum absolute atomic E-state index is 0.0265. The highest BCUT2D eigenvalue weighted by molar-refractivity contribution is 7.80. The van der Waals surface area contributed by atoms with Crippen LogP contribution in [0.15, 0.2) is 41.5 Å². The fourth-order valence-electron chi connectivity index (χ4n) is 2.15. The number of nitrogens with zero attached hydrogens (tertiary/aromatic N) is 1. The molecule has 26 heavy (non-hydrogen) atoms. The number of para-hydroxylation sites is 1. The number of phenols is 1. The summed E-state index contributed by atoms with van der Waals surface area (Å²) in [6, 6.07) is 10.5. The van der Waals surface area contributed by atoms with Crippen LogP contribution < -0.4 is 25.0 Å². The molecule has 0 saturated heterocycles. The van der Waals surface area contributed by atoms with E-state index < -0.39 is 0 Å². The van der Waals surface area contributed by atoms with Crippen molar-refractivity contribution in [3.63, 3.8) is 0 Å². The van der Waals surface area contributed by atoms with E-state index in [-0.39, 0.29) is 10.9 Å².